The molecule has 1 aliphatic rings. The Morgan fingerprint density at radius 2 is 1.85 bits per heavy atom. The Hall–Kier alpha value is -2.08. The third-order valence-corrected chi connectivity index (χ3v) is 4.97. The molecule has 26 heavy (non-hydrogen) atoms. The lowest BCUT2D eigenvalue weighted by Crippen LogP contribution is -2.49. The molecule has 0 unspecified atom stereocenters. The molecule has 0 aliphatic carbocycles. The highest BCUT2D eigenvalue weighted by Gasteiger charge is 2.30. The van der Waals surface area contributed by atoms with E-state index in [4.69, 9.17) is 16.3 Å². The van der Waals surface area contributed by atoms with Crippen LogP contribution in [0.1, 0.15) is 50.4 Å². The molecule has 0 saturated carbocycles. The SMILES string of the molecule is C[C@H](NC(=O)c1ccccc1Cl)C(=O)OCC(=O)N1[C@@H](C)CCC[C@@H]1C. The molecule has 1 N–H and O–H groups in total. The first-order valence-electron chi connectivity index (χ1n) is 8.84. The van der Waals surface area contributed by atoms with Crippen LogP contribution in [-0.2, 0) is 14.3 Å². The number of ether oxygens (including phenoxy) is 1. The van der Waals surface area contributed by atoms with E-state index in [0.717, 1.165) is 19.3 Å². The van der Waals surface area contributed by atoms with Crippen LogP contribution < -0.4 is 5.32 Å². The molecule has 1 aliphatic heterocycles. The Labute approximate surface area is 158 Å². The molecule has 1 aromatic carbocycles. The van der Waals surface area contributed by atoms with Crippen LogP contribution in [-0.4, -0.2) is 47.4 Å². The lowest BCUT2D eigenvalue weighted by Gasteiger charge is -2.38. The number of carbonyl (C=O) groups is 3. The Balaban J connectivity index is 1.86. The van der Waals surface area contributed by atoms with Crippen molar-refractivity contribution >= 4 is 29.4 Å². The smallest absolute Gasteiger partial charge is 0.328 e. The number of likely N-dealkylation sites (tertiary alicyclic amines) is 1. The van der Waals surface area contributed by atoms with E-state index < -0.39 is 17.9 Å². The summed E-state index contributed by atoms with van der Waals surface area (Å²) >= 11 is 5.97. The number of esters is 1. The van der Waals surface area contributed by atoms with E-state index in [-0.39, 0.29) is 30.2 Å². The van der Waals surface area contributed by atoms with Gasteiger partial charge in [0, 0.05) is 12.1 Å². The van der Waals surface area contributed by atoms with Gasteiger partial charge in [-0.1, -0.05) is 23.7 Å². The summed E-state index contributed by atoms with van der Waals surface area (Å²) in [5.74, 6) is -1.33. The Morgan fingerprint density at radius 1 is 1.23 bits per heavy atom. The summed E-state index contributed by atoms with van der Waals surface area (Å²) < 4.78 is 5.10. The largest absolute Gasteiger partial charge is 0.454 e. The van der Waals surface area contributed by atoms with E-state index in [1.54, 1.807) is 29.2 Å². The standard InChI is InChI=1S/C19H25ClN2O4/c1-12-7-6-8-13(2)22(12)17(23)11-26-19(25)14(3)21-18(24)15-9-4-5-10-16(15)20/h4-5,9-10,12-14H,6-8,11H2,1-3H3,(H,21,24)/t12-,13-,14-/m0/s1. The molecule has 0 bridgehead atoms. The van der Waals surface area contributed by atoms with Gasteiger partial charge in [-0.2, -0.15) is 0 Å². The van der Waals surface area contributed by atoms with Crippen LogP contribution in [0.25, 0.3) is 0 Å². The predicted octanol–water partition coefficient (Wildman–Crippen LogP) is 2.79. The zero-order valence-corrected chi connectivity index (χ0v) is 16.1. The van der Waals surface area contributed by atoms with Gasteiger partial charge in [0.1, 0.15) is 6.04 Å². The second-order valence-corrected chi connectivity index (χ2v) is 7.12. The summed E-state index contributed by atoms with van der Waals surface area (Å²) in [7, 11) is 0. The fourth-order valence-electron chi connectivity index (χ4n) is 3.22. The minimum atomic E-state index is -0.886. The fourth-order valence-corrected chi connectivity index (χ4v) is 3.45. The monoisotopic (exact) mass is 380 g/mol. The molecular formula is C19H25ClN2O4. The molecule has 0 spiro atoms. The topological polar surface area (TPSA) is 75.7 Å². The first-order chi connectivity index (χ1) is 12.3. The lowest BCUT2D eigenvalue weighted by atomic mass is 9.97. The van der Waals surface area contributed by atoms with Crippen molar-refractivity contribution in [2.45, 2.75) is 58.2 Å². The van der Waals surface area contributed by atoms with Gasteiger partial charge in [-0.25, -0.2) is 4.79 Å². The van der Waals surface area contributed by atoms with E-state index in [0.29, 0.717) is 5.02 Å². The van der Waals surface area contributed by atoms with Crippen molar-refractivity contribution in [3.63, 3.8) is 0 Å². The third-order valence-electron chi connectivity index (χ3n) is 4.64. The summed E-state index contributed by atoms with van der Waals surface area (Å²) in [6.07, 6.45) is 3.00. The second kappa shape index (κ2) is 9.03. The number of hydrogen-bond donors (Lipinski definition) is 1. The summed E-state index contributed by atoms with van der Waals surface area (Å²) in [6.45, 7) is 5.19. The van der Waals surface area contributed by atoms with Gasteiger partial charge in [0.15, 0.2) is 6.61 Å². The summed E-state index contributed by atoms with van der Waals surface area (Å²) in [5.41, 5.74) is 0.279. The van der Waals surface area contributed by atoms with Gasteiger partial charge in [-0.3, -0.25) is 9.59 Å². The van der Waals surface area contributed by atoms with Gasteiger partial charge < -0.3 is 15.0 Å². The highest BCUT2D eigenvalue weighted by Crippen LogP contribution is 2.22. The van der Waals surface area contributed by atoms with Crippen LogP contribution >= 0.6 is 11.6 Å². The van der Waals surface area contributed by atoms with E-state index in [1.807, 2.05) is 13.8 Å². The van der Waals surface area contributed by atoms with Crippen molar-refractivity contribution in [2.24, 2.45) is 0 Å². The van der Waals surface area contributed by atoms with E-state index in [2.05, 4.69) is 5.32 Å². The van der Waals surface area contributed by atoms with Gasteiger partial charge in [0.25, 0.3) is 11.8 Å². The maximum absolute atomic E-state index is 12.4. The molecule has 142 valence electrons. The number of piperidine rings is 1. The van der Waals surface area contributed by atoms with Gasteiger partial charge in [0.05, 0.1) is 10.6 Å². The van der Waals surface area contributed by atoms with Crippen molar-refractivity contribution < 1.29 is 19.1 Å². The summed E-state index contributed by atoms with van der Waals surface area (Å²) in [4.78, 5) is 38.4. The van der Waals surface area contributed by atoms with E-state index in [9.17, 15) is 14.4 Å². The Bertz CT molecular complexity index is 669. The number of nitrogens with one attached hydrogen (secondary N) is 1. The van der Waals surface area contributed by atoms with Gasteiger partial charge in [-0.15, -0.1) is 0 Å². The number of amides is 2. The molecule has 0 aromatic heterocycles. The Kier molecular flexibility index (Phi) is 7.03. The van der Waals surface area contributed by atoms with Gasteiger partial charge in [0.2, 0.25) is 0 Å². The van der Waals surface area contributed by atoms with Crippen LogP contribution in [0.3, 0.4) is 0 Å². The van der Waals surface area contributed by atoms with Crippen LogP contribution in [0.4, 0.5) is 0 Å². The number of hydrogen-bond acceptors (Lipinski definition) is 4. The van der Waals surface area contributed by atoms with Crippen molar-refractivity contribution in [3.8, 4) is 0 Å². The number of rotatable bonds is 5. The molecule has 1 heterocycles. The highest BCUT2D eigenvalue weighted by molar-refractivity contribution is 6.33. The van der Waals surface area contributed by atoms with Gasteiger partial charge >= 0.3 is 5.97 Å². The molecule has 1 saturated heterocycles. The molecule has 0 radical (unpaired) electrons. The molecule has 3 atom stereocenters. The van der Waals surface area contributed by atoms with Crippen molar-refractivity contribution in [3.05, 3.63) is 34.9 Å². The summed E-state index contributed by atoms with van der Waals surface area (Å²) in [5, 5.41) is 2.83. The second-order valence-electron chi connectivity index (χ2n) is 6.71. The first kappa shape index (κ1) is 20.2. The molecular weight excluding hydrogens is 356 g/mol. The lowest BCUT2D eigenvalue weighted by molar-refractivity contribution is -0.155. The van der Waals surface area contributed by atoms with Crippen LogP contribution in [0, 0.1) is 0 Å². The molecule has 7 heteroatoms. The van der Waals surface area contributed by atoms with Crippen LogP contribution in [0.2, 0.25) is 5.02 Å². The minimum Gasteiger partial charge on any atom is -0.454 e. The van der Waals surface area contributed by atoms with Crippen LogP contribution in [0.5, 0.6) is 0 Å². The molecule has 1 aromatic rings. The predicted molar refractivity (Wildman–Crippen MR) is 99.0 cm³/mol. The molecule has 2 amide bonds. The summed E-state index contributed by atoms with van der Waals surface area (Å²) in [6, 6.07) is 5.96. The first-order valence-corrected chi connectivity index (χ1v) is 9.22. The van der Waals surface area contributed by atoms with Crippen molar-refractivity contribution in [2.75, 3.05) is 6.61 Å². The van der Waals surface area contributed by atoms with Crippen LogP contribution in [0.15, 0.2) is 24.3 Å². The maximum Gasteiger partial charge on any atom is 0.328 e. The molecule has 1 fully saturated rings. The zero-order chi connectivity index (χ0) is 19.3. The quantitative estimate of drug-likeness (QED) is 0.797. The number of halogens is 1. The third kappa shape index (κ3) is 4.97. The van der Waals surface area contributed by atoms with E-state index >= 15 is 0 Å². The molecule has 6 nitrogen and oxygen atoms in total. The average molecular weight is 381 g/mol. The number of carbonyl (C=O) groups excluding carboxylic acids is 3. The van der Waals surface area contributed by atoms with Crippen molar-refractivity contribution in [1.82, 2.24) is 10.2 Å². The zero-order valence-electron chi connectivity index (χ0n) is 15.3. The minimum absolute atomic E-state index is 0.141. The van der Waals surface area contributed by atoms with Crippen molar-refractivity contribution in [1.29, 1.82) is 0 Å². The average Bonchev–Trinajstić information content (AvgIpc) is 2.59. The number of benzene rings is 1. The highest BCUT2D eigenvalue weighted by atomic mass is 35.5. The fraction of sp³-hybridized carbons (Fsp3) is 0.526. The number of nitrogens with zero attached hydrogens (tertiary/aromatic N) is 1. The van der Waals surface area contributed by atoms with Gasteiger partial charge in [-0.05, 0) is 52.2 Å². The molecule has 2 rings (SSSR count). The maximum atomic E-state index is 12.4. The Morgan fingerprint density at radius 3 is 2.46 bits per heavy atom. The normalized spacial score (nSPS) is 21.0. The van der Waals surface area contributed by atoms with E-state index in [1.165, 1.54) is 6.92 Å².